The van der Waals surface area contributed by atoms with Crippen LogP contribution in [0.2, 0.25) is 0 Å². The standard InChI is InChI=1S/C14H19N3O2S/c15-6-9-2-1-3-10(9)7-19-8-12-16-11-4-5-20-13(11)14(18)17-12/h4-5,9-10H,1-3,6-8,15H2,(H,16,17,18). The lowest BCUT2D eigenvalue weighted by atomic mass is 9.97. The van der Waals surface area contributed by atoms with Gasteiger partial charge in [-0.05, 0) is 42.7 Å². The SMILES string of the molecule is NCC1CCCC1COCc1nc2ccsc2c(=O)[nH]1. The van der Waals surface area contributed by atoms with Gasteiger partial charge in [-0.25, -0.2) is 4.98 Å². The smallest absolute Gasteiger partial charge is 0.268 e. The van der Waals surface area contributed by atoms with Crippen molar-refractivity contribution in [3.8, 4) is 0 Å². The lowest BCUT2D eigenvalue weighted by Crippen LogP contribution is -2.22. The summed E-state index contributed by atoms with van der Waals surface area (Å²) in [4.78, 5) is 19.0. The minimum absolute atomic E-state index is 0.0794. The third kappa shape index (κ3) is 2.77. The quantitative estimate of drug-likeness (QED) is 0.882. The van der Waals surface area contributed by atoms with Gasteiger partial charge in [0, 0.05) is 0 Å². The molecule has 6 heteroatoms. The van der Waals surface area contributed by atoms with Gasteiger partial charge in [0.05, 0.1) is 12.1 Å². The van der Waals surface area contributed by atoms with Crippen molar-refractivity contribution in [2.75, 3.05) is 13.2 Å². The molecule has 2 unspecified atom stereocenters. The van der Waals surface area contributed by atoms with E-state index in [4.69, 9.17) is 10.5 Å². The highest BCUT2D eigenvalue weighted by molar-refractivity contribution is 7.17. The van der Waals surface area contributed by atoms with Crippen molar-refractivity contribution >= 4 is 21.6 Å². The first-order valence-corrected chi connectivity index (χ1v) is 7.90. The third-order valence-electron chi connectivity index (χ3n) is 4.05. The van der Waals surface area contributed by atoms with E-state index in [1.54, 1.807) is 0 Å². The summed E-state index contributed by atoms with van der Waals surface area (Å²) >= 11 is 1.41. The van der Waals surface area contributed by atoms with Gasteiger partial charge in [0.25, 0.3) is 5.56 Å². The first-order chi connectivity index (χ1) is 9.78. The molecule has 2 atom stereocenters. The predicted molar refractivity (Wildman–Crippen MR) is 79.8 cm³/mol. The number of thiophene rings is 1. The molecule has 0 amide bonds. The molecule has 0 saturated heterocycles. The van der Waals surface area contributed by atoms with Gasteiger partial charge in [-0.3, -0.25) is 4.79 Å². The average Bonchev–Trinajstić information content (AvgIpc) is 3.07. The van der Waals surface area contributed by atoms with E-state index in [-0.39, 0.29) is 5.56 Å². The van der Waals surface area contributed by atoms with E-state index in [0.29, 0.717) is 35.6 Å². The summed E-state index contributed by atoms with van der Waals surface area (Å²) in [5, 5.41) is 1.88. The number of aromatic amines is 1. The Labute approximate surface area is 121 Å². The van der Waals surface area contributed by atoms with Crippen LogP contribution in [0, 0.1) is 11.8 Å². The van der Waals surface area contributed by atoms with E-state index in [1.807, 2.05) is 11.4 Å². The molecule has 0 radical (unpaired) electrons. The summed E-state index contributed by atoms with van der Waals surface area (Å²) in [6.07, 6.45) is 3.64. The number of rotatable bonds is 5. The lowest BCUT2D eigenvalue weighted by molar-refractivity contribution is 0.0714. The molecule has 2 heterocycles. The average molecular weight is 293 g/mol. The van der Waals surface area contributed by atoms with Crippen LogP contribution < -0.4 is 11.3 Å². The van der Waals surface area contributed by atoms with Crippen LogP contribution in [0.25, 0.3) is 10.2 Å². The minimum atomic E-state index is -0.0794. The van der Waals surface area contributed by atoms with Gasteiger partial charge in [-0.2, -0.15) is 0 Å². The van der Waals surface area contributed by atoms with Crippen molar-refractivity contribution in [2.45, 2.75) is 25.9 Å². The fourth-order valence-electron chi connectivity index (χ4n) is 2.94. The molecule has 1 aliphatic rings. The van der Waals surface area contributed by atoms with Crippen molar-refractivity contribution in [3.05, 3.63) is 27.6 Å². The predicted octanol–water partition coefficient (Wildman–Crippen LogP) is 1.88. The zero-order chi connectivity index (χ0) is 13.9. The Kier molecular flexibility index (Phi) is 4.14. The summed E-state index contributed by atoms with van der Waals surface area (Å²) in [7, 11) is 0. The minimum Gasteiger partial charge on any atom is -0.373 e. The number of nitrogens with zero attached hydrogens (tertiary/aromatic N) is 1. The molecule has 1 fully saturated rings. The van der Waals surface area contributed by atoms with Gasteiger partial charge in [0.2, 0.25) is 0 Å². The van der Waals surface area contributed by atoms with Gasteiger partial charge in [0.1, 0.15) is 17.1 Å². The van der Waals surface area contributed by atoms with Crippen molar-refractivity contribution < 1.29 is 4.74 Å². The van der Waals surface area contributed by atoms with Crippen LogP contribution in [0.5, 0.6) is 0 Å². The Hall–Kier alpha value is -1.24. The zero-order valence-electron chi connectivity index (χ0n) is 11.3. The van der Waals surface area contributed by atoms with Gasteiger partial charge in [0.15, 0.2) is 0 Å². The van der Waals surface area contributed by atoms with Crippen LogP contribution in [0.4, 0.5) is 0 Å². The number of hydrogen-bond acceptors (Lipinski definition) is 5. The van der Waals surface area contributed by atoms with Crippen LogP contribution >= 0.6 is 11.3 Å². The summed E-state index contributed by atoms with van der Waals surface area (Å²) < 4.78 is 6.41. The van der Waals surface area contributed by atoms with E-state index in [0.717, 1.165) is 12.1 Å². The Morgan fingerprint density at radius 2 is 2.30 bits per heavy atom. The number of H-pyrrole nitrogens is 1. The Bertz CT molecular complexity index is 637. The molecule has 0 spiro atoms. The second-order valence-corrected chi connectivity index (χ2v) is 6.27. The van der Waals surface area contributed by atoms with Crippen LogP contribution in [0.3, 0.4) is 0 Å². The van der Waals surface area contributed by atoms with Gasteiger partial charge >= 0.3 is 0 Å². The number of nitrogens with one attached hydrogen (secondary N) is 1. The monoisotopic (exact) mass is 293 g/mol. The molecular formula is C14H19N3O2S. The number of ether oxygens (including phenoxy) is 1. The first kappa shape index (κ1) is 13.7. The highest BCUT2D eigenvalue weighted by atomic mass is 32.1. The van der Waals surface area contributed by atoms with E-state index in [1.165, 1.54) is 30.6 Å². The molecule has 2 aromatic rings. The maximum atomic E-state index is 11.8. The molecule has 3 N–H and O–H groups in total. The number of fused-ring (bicyclic) bond motifs is 1. The van der Waals surface area contributed by atoms with Gasteiger partial charge in [-0.1, -0.05) is 6.42 Å². The molecule has 1 saturated carbocycles. The molecule has 1 aliphatic carbocycles. The summed E-state index contributed by atoms with van der Waals surface area (Å²) in [5.74, 6) is 1.74. The van der Waals surface area contributed by atoms with Crippen molar-refractivity contribution in [1.29, 1.82) is 0 Å². The maximum absolute atomic E-state index is 11.8. The third-order valence-corrected chi connectivity index (χ3v) is 4.96. The van der Waals surface area contributed by atoms with Crippen LogP contribution in [-0.4, -0.2) is 23.1 Å². The summed E-state index contributed by atoms with van der Waals surface area (Å²) in [6, 6.07) is 1.86. The Balaban J connectivity index is 1.61. The molecule has 0 bridgehead atoms. The van der Waals surface area contributed by atoms with E-state index < -0.39 is 0 Å². The Morgan fingerprint density at radius 3 is 3.15 bits per heavy atom. The van der Waals surface area contributed by atoms with Gasteiger partial charge in [-0.15, -0.1) is 11.3 Å². The molecule has 108 valence electrons. The van der Waals surface area contributed by atoms with Gasteiger partial charge < -0.3 is 15.5 Å². The number of aromatic nitrogens is 2. The molecule has 5 nitrogen and oxygen atoms in total. The molecule has 2 aromatic heterocycles. The Morgan fingerprint density at radius 1 is 1.45 bits per heavy atom. The van der Waals surface area contributed by atoms with E-state index in [9.17, 15) is 4.79 Å². The largest absolute Gasteiger partial charge is 0.373 e. The lowest BCUT2D eigenvalue weighted by Gasteiger charge is -2.17. The topological polar surface area (TPSA) is 81.0 Å². The van der Waals surface area contributed by atoms with E-state index in [2.05, 4.69) is 9.97 Å². The normalized spacial score (nSPS) is 22.6. The molecule has 0 aromatic carbocycles. The highest BCUT2D eigenvalue weighted by Gasteiger charge is 2.26. The highest BCUT2D eigenvalue weighted by Crippen LogP contribution is 2.31. The fourth-order valence-corrected chi connectivity index (χ4v) is 3.67. The zero-order valence-corrected chi connectivity index (χ0v) is 12.1. The molecular weight excluding hydrogens is 274 g/mol. The first-order valence-electron chi connectivity index (χ1n) is 7.02. The maximum Gasteiger partial charge on any atom is 0.268 e. The summed E-state index contributed by atoms with van der Waals surface area (Å²) in [5.41, 5.74) is 6.43. The molecule has 3 rings (SSSR count). The van der Waals surface area contributed by atoms with Crippen molar-refractivity contribution in [3.63, 3.8) is 0 Å². The summed E-state index contributed by atoms with van der Waals surface area (Å²) in [6.45, 7) is 1.80. The number of nitrogens with two attached hydrogens (primary N) is 1. The van der Waals surface area contributed by atoms with Crippen LogP contribution in [0.15, 0.2) is 16.2 Å². The van der Waals surface area contributed by atoms with Crippen LogP contribution in [0.1, 0.15) is 25.1 Å². The van der Waals surface area contributed by atoms with Crippen molar-refractivity contribution in [1.82, 2.24) is 9.97 Å². The van der Waals surface area contributed by atoms with Crippen LogP contribution in [-0.2, 0) is 11.3 Å². The second-order valence-electron chi connectivity index (χ2n) is 5.35. The van der Waals surface area contributed by atoms with Crippen molar-refractivity contribution in [2.24, 2.45) is 17.6 Å². The molecule has 20 heavy (non-hydrogen) atoms. The molecule has 0 aliphatic heterocycles. The number of hydrogen-bond donors (Lipinski definition) is 2. The second kappa shape index (κ2) is 6.03. The fraction of sp³-hybridized carbons (Fsp3) is 0.571. The van der Waals surface area contributed by atoms with E-state index >= 15 is 0 Å².